The first-order chi connectivity index (χ1) is 8.58. The molecule has 5 nitrogen and oxygen atoms in total. The van der Waals surface area contributed by atoms with Crippen molar-refractivity contribution in [3.05, 3.63) is 30.0 Å². The minimum absolute atomic E-state index is 0.336. The zero-order chi connectivity index (χ0) is 13.5. The largest absolute Gasteiger partial charge is 0.462 e. The zero-order valence-electron chi connectivity index (χ0n) is 10.9. The minimum Gasteiger partial charge on any atom is -0.462 e. The van der Waals surface area contributed by atoms with Gasteiger partial charge in [-0.1, -0.05) is 12.7 Å². The van der Waals surface area contributed by atoms with E-state index in [1.54, 1.807) is 30.3 Å². The van der Waals surface area contributed by atoms with E-state index >= 15 is 0 Å². The Morgan fingerprint density at radius 1 is 1.61 bits per heavy atom. The number of nitrogens with zero attached hydrogens (tertiary/aromatic N) is 3. The average Bonchev–Trinajstić information content (AvgIpc) is 2.36. The topological polar surface area (TPSA) is 54.8 Å². The van der Waals surface area contributed by atoms with E-state index in [2.05, 4.69) is 16.6 Å². The number of aliphatic imine (C=N–C) groups is 1. The van der Waals surface area contributed by atoms with Crippen LogP contribution in [-0.4, -0.2) is 42.9 Å². The van der Waals surface area contributed by atoms with Gasteiger partial charge < -0.3 is 9.64 Å². The summed E-state index contributed by atoms with van der Waals surface area (Å²) in [6, 6.07) is 1.67. The molecule has 18 heavy (non-hydrogen) atoms. The SMILES string of the molecule is C=Cc1cc(C(=O)OCC)cnc1N=CN(C)C. The summed E-state index contributed by atoms with van der Waals surface area (Å²) in [5, 5.41) is 0. The first kappa shape index (κ1) is 13.9. The van der Waals surface area contributed by atoms with Gasteiger partial charge in [-0.15, -0.1) is 0 Å². The highest BCUT2D eigenvalue weighted by Crippen LogP contribution is 2.18. The Labute approximate surface area is 107 Å². The number of pyridine rings is 1. The lowest BCUT2D eigenvalue weighted by atomic mass is 10.2. The van der Waals surface area contributed by atoms with Crippen molar-refractivity contribution in [3.63, 3.8) is 0 Å². The number of ether oxygens (including phenoxy) is 1. The Morgan fingerprint density at radius 3 is 2.89 bits per heavy atom. The van der Waals surface area contributed by atoms with Crippen LogP contribution in [-0.2, 0) is 4.74 Å². The molecule has 1 aromatic heterocycles. The summed E-state index contributed by atoms with van der Waals surface area (Å²) in [5.74, 6) is 0.128. The molecule has 0 aliphatic heterocycles. The predicted octanol–water partition coefficient (Wildman–Crippen LogP) is 2.12. The lowest BCUT2D eigenvalue weighted by Crippen LogP contribution is -2.08. The number of aromatic nitrogens is 1. The second kappa shape index (κ2) is 6.54. The molecule has 0 aromatic carbocycles. The molecule has 1 rings (SSSR count). The van der Waals surface area contributed by atoms with Crippen LogP contribution in [0.4, 0.5) is 5.82 Å². The second-order valence-electron chi connectivity index (χ2n) is 3.77. The van der Waals surface area contributed by atoms with Gasteiger partial charge in [-0.2, -0.15) is 0 Å². The Kier molecular flexibility index (Phi) is 5.05. The van der Waals surface area contributed by atoms with Crippen LogP contribution in [0.3, 0.4) is 0 Å². The standard InChI is InChI=1S/C13H17N3O2/c1-5-10-7-11(13(17)18-6-2)8-14-12(10)15-9-16(3)4/h5,7-9H,1,6H2,2-4H3. The molecule has 0 bridgehead atoms. The molecule has 0 spiro atoms. The maximum absolute atomic E-state index is 11.5. The van der Waals surface area contributed by atoms with Gasteiger partial charge in [-0.25, -0.2) is 14.8 Å². The second-order valence-corrected chi connectivity index (χ2v) is 3.77. The fourth-order valence-corrected chi connectivity index (χ4v) is 1.23. The van der Waals surface area contributed by atoms with Crippen LogP contribution < -0.4 is 0 Å². The Hall–Kier alpha value is -2.17. The molecule has 0 radical (unpaired) electrons. The molecule has 96 valence electrons. The summed E-state index contributed by atoms with van der Waals surface area (Å²) < 4.78 is 4.91. The monoisotopic (exact) mass is 247 g/mol. The van der Waals surface area contributed by atoms with E-state index in [9.17, 15) is 4.79 Å². The molecule has 1 heterocycles. The Bertz CT molecular complexity index is 467. The number of rotatable bonds is 5. The molecule has 0 unspecified atom stereocenters. The normalized spacial score (nSPS) is 10.4. The lowest BCUT2D eigenvalue weighted by Gasteiger charge is -2.06. The molecular formula is C13H17N3O2. The fourth-order valence-electron chi connectivity index (χ4n) is 1.23. The van der Waals surface area contributed by atoms with Gasteiger partial charge in [0.25, 0.3) is 0 Å². The quantitative estimate of drug-likeness (QED) is 0.454. The number of carbonyl (C=O) groups excluding carboxylic acids is 1. The van der Waals surface area contributed by atoms with Gasteiger partial charge in [0.15, 0.2) is 5.82 Å². The molecule has 0 fully saturated rings. The van der Waals surface area contributed by atoms with E-state index in [1.807, 2.05) is 14.1 Å². The maximum atomic E-state index is 11.5. The predicted molar refractivity (Wildman–Crippen MR) is 72.1 cm³/mol. The van der Waals surface area contributed by atoms with Gasteiger partial charge in [0.2, 0.25) is 0 Å². The van der Waals surface area contributed by atoms with E-state index in [4.69, 9.17) is 4.74 Å². The molecule has 5 heteroatoms. The number of hydrogen-bond donors (Lipinski definition) is 0. The highest BCUT2D eigenvalue weighted by atomic mass is 16.5. The highest BCUT2D eigenvalue weighted by molar-refractivity contribution is 5.90. The minimum atomic E-state index is -0.392. The molecule has 0 aliphatic rings. The first-order valence-electron chi connectivity index (χ1n) is 5.58. The summed E-state index contributed by atoms with van der Waals surface area (Å²) in [6.45, 7) is 5.78. The first-order valence-corrected chi connectivity index (χ1v) is 5.58. The average molecular weight is 247 g/mol. The van der Waals surface area contributed by atoms with Gasteiger partial charge in [0.1, 0.15) is 0 Å². The third-order valence-corrected chi connectivity index (χ3v) is 2.04. The van der Waals surface area contributed by atoms with E-state index in [-0.39, 0.29) is 0 Å². The number of hydrogen-bond acceptors (Lipinski definition) is 4. The third kappa shape index (κ3) is 3.69. The summed E-state index contributed by atoms with van der Waals surface area (Å²) in [6.07, 6.45) is 4.70. The van der Waals surface area contributed by atoms with Crippen LogP contribution in [0.25, 0.3) is 6.08 Å². The van der Waals surface area contributed by atoms with Crippen LogP contribution in [0, 0.1) is 0 Å². The Morgan fingerprint density at radius 2 is 2.33 bits per heavy atom. The van der Waals surface area contributed by atoms with Crippen LogP contribution in [0.5, 0.6) is 0 Å². The molecule has 0 aliphatic carbocycles. The molecule has 1 aromatic rings. The van der Waals surface area contributed by atoms with Crippen molar-refractivity contribution in [1.29, 1.82) is 0 Å². The van der Waals surface area contributed by atoms with Crippen molar-refractivity contribution in [2.75, 3.05) is 20.7 Å². The molecular weight excluding hydrogens is 230 g/mol. The number of esters is 1. The summed E-state index contributed by atoms with van der Waals surface area (Å²) >= 11 is 0. The van der Waals surface area contributed by atoms with E-state index in [0.717, 1.165) is 0 Å². The van der Waals surface area contributed by atoms with Crippen molar-refractivity contribution in [2.45, 2.75) is 6.92 Å². The Balaban J connectivity index is 3.03. The van der Waals surface area contributed by atoms with Gasteiger partial charge in [-0.05, 0) is 13.0 Å². The van der Waals surface area contributed by atoms with Gasteiger partial charge in [-0.3, -0.25) is 0 Å². The van der Waals surface area contributed by atoms with Crippen LogP contribution in [0.1, 0.15) is 22.8 Å². The van der Waals surface area contributed by atoms with Gasteiger partial charge in [0, 0.05) is 25.9 Å². The molecule has 0 atom stereocenters. The van der Waals surface area contributed by atoms with E-state index in [1.165, 1.54) is 6.20 Å². The van der Waals surface area contributed by atoms with Crippen LogP contribution in [0.2, 0.25) is 0 Å². The fraction of sp³-hybridized carbons (Fsp3) is 0.308. The summed E-state index contributed by atoms with van der Waals surface area (Å²) in [5.41, 5.74) is 1.09. The molecule has 0 saturated heterocycles. The lowest BCUT2D eigenvalue weighted by molar-refractivity contribution is 0.0526. The van der Waals surface area contributed by atoms with Gasteiger partial charge >= 0.3 is 5.97 Å². The number of carbonyl (C=O) groups is 1. The zero-order valence-corrected chi connectivity index (χ0v) is 10.9. The van der Waals surface area contributed by atoms with Crippen LogP contribution in [0.15, 0.2) is 23.8 Å². The van der Waals surface area contributed by atoms with E-state index < -0.39 is 5.97 Å². The molecule has 0 N–H and O–H groups in total. The maximum Gasteiger partial charge on any atom is 0.339 e. The van der Waals surface area contributed by atoms with Crippen molar-refractivity contribution in [1.82, 2.24) is 9.88 Å². The van der Waals surface area contributed by atoms with Crippen LogP contribution >= 0.6 is 0 Å². The summed E-state index contributed by atoms with van der Waals surface area (Å²) in [7, 11) is 3.73. The third-order valence-electron chi connectivity index (χ3n) is 2.04. The van der Waals surface area contributed by atoms with E-state index in [0.29, 0.717) is 23.6 Å². The molecule has 0 amide bonds. The van der Waals surface area contributed by atoms with Crippen molar-refractivity contribution < 1.29 is 9.53 Å². The smallest absolute Gasteiger partial charge is 0.339 e. The summed E-state index contributed by atoms with van der Waals surface area (Å²) in [4.78, 5) is 21.7. The van der Waals surface area contributed by atoms with Crippen molar-refractivity contribution in [3.8, 4) is 0 Å². The highest BCUT2D eigenvalue weighted by Gasteiger charge is 2.09. The van der Waals surface area contributed by atoms with Gasteiger partial charge in [0.05, 0.1) is 18.5 Å². The molecule has 0 saturated carbocycles. The van der Waals surface area contributed by atoms with Crippen molar-refractivity contribution in [2.24, 2.45) is 4.99 Å². The van der Waals surface area contributed by atoms with Crippen molar-refractivity contribution >= 4 is 24.2 Å².